The fourth-order valence-corrected chi connectivity index (χ4v) is 2.65. The van der Waals surface area contributed by atoms with Crippen LogP contribution in [-0.2, 0) is 6.54 Å². The van der Waals surface area contributed by atoms with Crippen molar-refractivity contribution in [2.45, 2.75) is 45.3 Å². The first-order chi connectivity index (χ1) is 7.18. The van der Waals surface area contributed by atoms with Gasteiger partial charge < -0.3 is 4.52 Å². The monoisotopic (exact) mass is 208 g/mol. The van der Waals surface area contributed by atoms with Gasteiger partial charge in [-0.2, -0.15) is 0 Å². The van der Waals surface area contributed by atoms with Crippen molar-refractivity contribution < 1.29 is 4.52 Å². The highest BCUT2D eigenvalue weighted by Crippen LogP contribution is 2.43. The molecule has 4 heteroatoms. The molecule has 0 radical (unpaired) electrons. The Morgan fingerprint density at radius 2 is 2.20 bits per heavy atom. The fraction of sp³-hybridized carbons (Fsp3) is 0.727. The predicted octanol–water partition coefficient (Wildman–Crippen LogP) is 1.64. The van der Waals surface area contributed by atoms with Gasteiger partial charge in [0, 0.05) is 12.6 Å². The first-order valence-electron chi connectivity index (χ1n) is 5.64. The number of nitrogens with zero attached hydrogens (tertiary/aromatic N) is 1. The molecule has 1 aliphatic heterocycles. The molecule has 0 spiro atoms. The molecule has 15 heavy (non-hydrogen) atoms. The largest absolute Gasteiger partial charge is 0.362 e. The molecule has 0 aromatic carbocycles. The van der Waals surface area contributed by atoms with Crippen LogP contribution in [0.15, 0.2) is 9.32 Å². The van der Waals surface area contributed by atoms with E-state index in [2.05, 4.69) is 23.9 Å². The van der Waals surface area contributed by atoms with E-state index in [1.807, 2.05) is 0 Å². The topological polar surface area (TPSA) is 49.2 Å². The normalized spacial score (nSPS) is 26.2. The maximum atomic E-state index is 11.4. The van der Waals surface area contributed by atoms with Crippen LogP contribution in [0.4, 0.5) is 0 Å². The van der Waals surface area contributed by atoms with Gasteiger partial charge in [-0.3, -0.25) is 4.90 Å². The zero-order valence-electron chi connectivity index (χ0n) is 9.12. The summed E-state index contributed by atoms with van der Waals surface area (Å²) in [7, 11) is 0. The van der Waals surface area contributed by atoms with Crippen molar-refractivity contribution in [2.75, 3.05) is 0 Å². The molecular weight excluding hydrogens is 192 g/mol. The van der Waals surface area contributed by atoms with Gasteiger partial charge in [0.05, 0.1) is 17.3 Å². The number of nitrogens with one attached hydrogen (secondary N) is 1. The summed E-state index contributed by atoms with van der Waals surface area (Å²) in [5.41, 5.74) is 1.68. The van der Waals surface area contributed by atoms with Crippen LogP contribution in [0.25, 0.3) is 0 Å². The summed E-state index contributed by atoms with van der Waals surface area (Å²) in [4.78, 5) is 13.9. The van der Waals surface area contributed by atoms with Gasteiger partial charge in [0.2, 0.25) is 0 Å². The number of hydrogen-bond donors (Lipinski definition) is 1. The van der Waals surface area contributed by atoms with E-state index in [0.29, 0.717) is 18.0 Å². The van der Waals surface area contributed by atoms with Gasteiger partial charge >= 0.3 is 5.63 Å². The maximum absolute atomic E-state index is 11.4. The van der Waals surface area contributed by atoms with Crippen LogP contribution in [0.3, 0.4) is 0 Å². The van der Waals surface area contributed by atoms with E-state index >= 15 is 0 Å². The van der Waals surface area contributed by atoms with Gasteiger partial charge in [0.25, 0.3) is 0 Å². The van der Waals surface area contributed by atoms with Gasteiger partial charge in [-0.05, 0) is 18.8 Å². The first-order valence-corrected chi connectivity index (χ1v) is 5.64. The Morgan fingerprint density at radius 1 is 1.47 bits per heavy atom. The molecule has 1 fully saturated rings. The van der Waals surface area contributed by atoms with E-state index in [9.17, 15) is 4.79 Å². The minimum Gasteiger partial charge on any atom is -0.338 e. The molecule has 1 aromatic heterocycles. The van der Waals surface area contributed by atoms with E-state index in [1.54, 1.807) is 0 Å². The van der Waals surface area contributed by atoms with Gasteiger partial charge in [0.1, 0.15) is 0 Å². The maximum Gasteiger partial charge on any atom is 0.362 e. The quantitative estimate of drug-likeness (QED) is 0.803. The Morgan fingerprint density at radius 3 is 2.80 bits per heavy atom. The Balaban J connectivity index is 2.01. The van der Waals surface area contributed by atoms with E-state index in [1.165, 1.54) is 12.8 Å². The molecule has 0 saturated heterocycles. The van der Waals surface area contributed by atoms with Crippen LogP contribution < -0.4 is 5.63 Å². The average molecular weight is 208 g/mol. The second-order valence-electron chi connectivity index (χ2n) is 4.98. The summed E-state index contributed by atoms with van der Waals surface area (Å²) in [6.45, 7) is 5.16. The summed E-state index contributed by atoms with van der Waals surface area (Å²) in [6.07, 6.45) is 2.55. The molecule has 82 valence electrons. The Hall–Kier alpha value is -1.03. The smallest absolute Gasteiger partial charge is 0.338 e. The Bertz CT molecular complexity index is 428. The second kappa shape index (κ2) is 2.98. The number of fused-ring (bicyclic) bond motifs is 1. The summed E-state index contributed by atoms with van der Waals surface area (Å²) in [6, 6.07) is 1.04. The SMILES string of the molecule is CC(C)C1c2[nH]oc(=O)c2CN1C1CC1. The minimum atomic E-state index is -0.182. The minimum absolute atomic E-state index is 0.182. The van der Waals surface area contributed by atoms with Crippen molar-refractivity contribution in [2.24, 2.45) is 5.92 Å². The Kier molecular flexibility index (Phi) is 1.83. The lowest BCUT2D eigenvalue weighted by Gasteiger charge is -2.27. The van der Waals surface area contributed by atoms with Crippen LogP contribution in [0, 0.1) is 5.92 Å². The molecule has 2 heterocycles. The van der Waals surface area contributed by atoms with Gasteiger partial charge in [-0.15, -0.1) is 0 Å². The third kappa shape index (κ3) is 1.28. The van der Waals surface area contributed by atoms with E-state index in [4.69, 9.17) is 4.52 Å². The molecule has 0 bridgehead atoms. The van der Waals surface area contributed by atoms with E-state index in [-0.39, 0.29) is 5.63 Å². The zero-order valence-corrected chi connectivity index (χ0v) is 9.12. The van der Waals surface area contributed by atoms with Crippen LogP contribution in [0.2, 0.25) is 0 Å². The number of aromatic amines is 1. The molecule has 3 rings (SSSR count). The molecule has 0 amide bonds. The van der Waals surface area contributed by atoms with Gasteiger partial charge in [-0.25, -0.2) is 9.95 Å². The molecular formula is C11H16N2O2. The van der Waals surface area contributed by atoms with E-state index in [0.717, 1.165) is 17.8 Å². The van der Waals surface area contributed by atoms with Crippen molar-refractivity contribution in [3.63, 3.8) is 0 Å². The number of aromatic nitrogens is 1. The van der Waals surface area contributed by atoms with Gasteiger partial charge in [-0.1, -0.05) is 13.8 Å². The third-order valence-corrected chi connectivity index (χ3v) is 3.47. The predicted molar refractivity (Wildman–Crippen MR) is 55.5 cm³/mol. The van der Waals surface area contributed by atoms with Crippen molar-refractivity contribution >= 4 is 0 Å². The number of rotatable bonds is 2. The Labute approximate surface area is 88.2 Å². The van der Waals surface area contributed by atoms with Crippen LogP contribution in [-0.4, -0.2) is 16.1 Å². The summed E-state index contributed by atoms with van der Waals surface area (Å²) in [5.74, 6) is 0.514. The van der Waals surface area contributed by atoms with Crippen molar-refractivity contribution in [1.82, 2.24) is 10.1 Å². The highest BCUT2D eigenvalue weighted by Gasteiger charge is 2.43. The molecule has 4 nitrogen and oxygen atoms in total. The van der Waals surface area contributed by atoms with Crippen molar-refractivity contribution in [3.05, 3.63) is 21.7 Å². The number of H-pyrrole nitrogens is 1. The highest BCUT2D eigenvalue weighted by atomic mass is 16.5. The van der Waals surface area contributed by atoms with Crippen molar-refractivity contribution in [1.29, 1.82) is 0 Å². The average Bonchev–Trinajstić information content (AvgIpc) is 2.86. The van der Waals surface area contributed by atoms with E-state index < -0.39 is 0 Å². The van der Waals surface area contributed by atoms with Crippen LogP contribution in [0.1, 0.15) is 44.0 Å². The molecule has 1 N–H and O–H groups in total. The number of hydrogen-bond acceptors (Lipinski definition) is 3. The second-order valence-corrected chi connectivity index (χ2v) is 4.98. The summed E-state index contributed by atoms with van der Waals surface area (Å²) < 4.78 is 4.86. The summed E-state index contributed by atoms with van der Waals surface area (Å²) >= 11 is 0. The lowest BCUT2D eigenvalue weighted by atomic mass is 10.0. The highest BCUT2D eigenvalue weighted by molar-refractivity contribution is 5.26. The molecule has 1 aliphatic carbocycles. The lowest BCUT2D eigenvalue weighted by Crippen LogP contribution is -2.28. The molecule has 1 aromatic rings. The third-order valence-electron chi connectivity index (χ3n) is 3.47. The first kappa shape index (κ1) is 9.21. The standard InChI is InChI=1S/C11H16N2O2/c1-6(2)10-9-8(11(14)15-12-9)5-13(10)7-3-4-7/h6-7,10,12H,3-5H2,1-2H3. The lowest BCUT2D eigenvalue weighted by molar-refractivity contribution is 0.150. The van der Waals surface area contributed by atoms with Crippen LogP contribution in [0.5, 0.6) is 0 Å². The van der Waals surface area contributed by atoms with Gasteiger partial charge in [0.15, 0.2) is 0 Å². The zero-order chi connectivity index (χ0) is 10.6. The van der Waals surface area contributed by atoms with Crippen LogP contribution >= 0.6 is 0 Å². The molecule has 2 aliphatic rings. The molecule has 1 saturated carbocycles. The molecule has 1 atom stereocenters. The van der Waals surface area contributed by atoms with Crippen molar-refractivity contribution in [3.8, 4) is 0 Å². The molecule has 1 unspecified atom stereocenters. The summed E-state index contributed by atoms with van der Waals surface area (Å²) in [5, 5.41) is 2.80. The fourth-order valence-electron chi connectivity index (χ4n) is 2.65.